The highest BCUT2D eigenvalue weighted by atomic mass is 32.1. The Morgan fingerprint density at radius 2 is 1.95 bits per heavy atom. The third-order valence-electron chi connectivity index (χ3n) is 3.54. The van der Waals surface area contributed by atoms with E-state index in [1.807, 2.05) is 18.3 Å². The second-order valence-electron chi connectivity index (χ2n) is 5.34. The van der Waals surface area contributed by atoms with Crippen LogP contribution in [-0.2, 0) is 0 Å². The first-order chi connectivity index (χ1) is 9.56. The van der Waals surface area contributed by atoms with Crippen LogP contribution in [0.25, 0.3) is 0 Å². The van der Waals surface area contributed by atoms with E-state index < -0.39 is 0 Å². The van der Waals surface area contributed by atoms with E-state index >= 15 is 0 Å². The Balaban J connectivity index is 1.79. The van der Waals surface area contributed by atoms with Crippen LogP contribution in [-0.4, -0.2) is 11.5 Å². The molecule has 0 radical (unpaired) electrons. The molecule has 0 aliphatic heterocycles. The molecule has 4 heteroatoms. The molecule has 0 bridgehead atoms. The molecular weight excluding hydrogens is 266 g/mol. The SMILES string of the molecule is Cc1cnc(C(C)NCCC(C)c2ccc(N)cc2)s1. The van der Waals surface area contributed by atoms with Gasteiger partial charge in [0, 0.05) is 16.8 Å². The van der Waals surface area contributed by atoms with Crippen LogP contribution in [0.1, 0.15) is 47.7 Å². The van der Waals surface area contributed by atoms with Crippen molar-refractivity contribution in [3.8, 4) is 0 Å². The molecule has 1 aromatic carbocycles. The van der Waals surface area contributed by atoms with Crippen molar-refractivity contribution < 1.29 is 0 Å². The zero-order valence-electron chi connectivity index (χ0n) is 12.4. The van der Waals surface area contributed by atoms with Crippen molar-refractivity contribution in [3.05, 3.63) is 45.9 Å². The second-order valence-corrected chi connectivity index (χ2v) is 6.61. The zero-order valence-corrected chi connectivity index (χ0v) is 13.2. The first kappa shape index (κ1) is 15.0. The van der Waals surface area contributed by atoms with Gasteiger partial charge in [0.15, 0.2) is 0 Å². The van der Waals surface area contributed by atoms with Crippen LogP contribution in [0.3, 0.4) is 0 Å². The van der Waals surface area contributed by atoms with E-state index in [0.717, 1.165) is 18.7 Å². The number of anilines is 1. The van der Waals surface area contributed by atoms with E-state index in [1.165, 1.54) is 15.4 Å². The molecule has 3 N–H and O–H groups in total. The third-order valence-corrected chi connectivity index (χ3v) is 4.64. The Morgan fingerprint density at radius 1 is 1.25 bits per heavy atom. The maximum Gasteiger partial charge on any atom is 0.109 e. The minimum absolute atomic E-state index is 0.326. The normalized spacial score (nSPS) is 14.2. The highest BCUT2D eigenvalue weighted by Crippen LogP contribution is 2.21. The summed E-state index contributed by atoms with van der Waals surface area (Å²) < 4.78 is 0. The van der Waals surface area contributed by atoms with Gasteiger partial charge in [0.1, 0.15) is 5.01 Å². The van der Waals surface area contributed by atoms with Gasteiger partial charge < -0.3 is 11.1 Å². The summed E-state index contributed by atoms with van der Waals surface area (Å²) in [5, 5.41) is 4.72. The van der Waals surface area contributed by atoms with Crippen LogP contribution in [0.2, 0.25) is 0 Å². The van der Waals surface area contributed by atoms with E-state index in [0.29, 0.717) is 12.0 Å². The average Bonchev–Trinajstić information content (AvgIpc) is 2.86. The van der Waals surface area contributed by atoms with Gasteiger partial charge in [-0.05, 0) is 50.4 Å². The van der Waals surface area contributed by atoms with E-state index in [2.05, 4.69) is 43.2 Å². The van der Waals surface area contributed by atoms with Crippen molar-refractivity contribution in [2.24, 2.45) is 0 Å². The number of benzene rings is 1. The highest BCUT2D eigenvalue weighted by molar-refractivity contribution is 7.11. The Hall–Kier alpha value is -1.39. The van der Waals surface area contributed by atoms with Gasteiger partial charge in [-0.15, -0.1) is 11.3 Å². The molecule has 0 aliphatic carbocycles. The Labute approximate surface area is 125 Å². The fourth-order valence-electron chi connectivity index (χ4n) is 2.17. The summed E-state index contributed by atoms with van der Waals surface area (Å²) in [5.41, 5.74) is 7.89. The maximum atomic E-state index is 5.71. The molecule has 0 saturated carbocycles. The van der Waals surface area contributed by atoms with Crippen LogP contribution in [0, 0.1) is 6.92 Å². The molecular formula is C16H23N3S. The number of aryl methyl sites for hydroxylation is 1. The summed E-state index contributed by atoms with van der Waals surface area (Å²) in [4.78, 5) is 5.69. The van der Waals surface area contributed by atoms with Crippen molar-refractivity contribution in [1.82, 2.24) is 10.3 Å². The van der Waals surface area contributed by atoms with Crippen LogP contribution in [0.5, 0.6) is 0 Å². The van der Waals surface area contributed by atoms with Crippen molar-refractivity contribution >= 4 is 17.0 Å². The number of nitrogens with two attached hydrogens (primary N) is 1. The zero-order chi connectivity index (χ0) is 14.5. The van der Waals surface area contributed by atoms with Gasteiger partial charge in [-0.3, -0.25) is 0 Å². The van der Waals surface area contributed by atoms with Crippen LogP contribution < -0.4 is 11.1 Å². The van der Waals surface area contributed by atoms with Gasteiger partial charge in [-0.1, -0.05) is 19.1 Å². The first-order valence-electron chi connectivity index (χ1n) is 7.07. The van der Waals surface area contributed by atoms with Crippen molar-refractivity contribution in [3.63, 3.8) is 0 Å². The minimum atomic E-state index is 0.326. The monoisotopic (exact) mass is 289 g/mol. The standard InChI is InChI=1S/C16H23N3S/c1-11(14-4-6-15(17)7-5-14)8-9-18-13(3)16-19-10-12(2)20-16/h4-7,10-11,13,18H,8-9,17H2,1-3H3. The number of hydrogen-bond donors (Lipinski definition) is 2. The molecule has 20 heavy (non-hydrogen) atoms. The summed E-state index contributed by atoms with van der Waals surface area (Å²) in [6.07, 6.45) is 3.05. The van der Waals surface area contributed by atoms with Gasteiger partial charge in [0.2, 0.25) is 0 Å². The van der Waals surface area contributed by atoms with Gasteiger partial charge in [-0.25, -0.2) is 4.98 Å². The largest absolute Gasteiger partial charge is 0.399 e. The van der Waals surface area contributed by atoms with Crippen LogP contribution in [0.4, 0.5) is 5.69 Å². The number of nitrogens with zero attached hydrogens (tertiary/aromatic N) is 1. The molecule has 2 aromatic rings. The third kappa shape index (κ3) is 4.05. The summed E-state index contributed by atoms with van der Waals surface area (Å²) in [6.45, 7) is 7.51. The van der Waals surface area contributed by atoms with Crippen LogP contribution >= 0.6 is 11.3 Å². The Bertz CT molecular complexity index is 533. The first-order valence-corrected chi connectivity index (χ1v) is 7.89. The molecule has 2 unspecified atom stereocenters. The van der Waals surface area contributed by atoms with Gasteiger partial charge >= 0.3 is 0 Å². The topological polar surface area (TPSA) is 50.9 Å². The van der Waals surface area contributed by atoms with E-state index in [4.69, 9.17) is 5.73 Å². The van der Waals surface area contributed by atoms with E-state index in [9.17, 15) is 0 Å². The van der Waals surface area contributed by atoms with Crippen molar-refractivity contribution in [2.45, 2.75) is 39.2 Å². The van der Waals surface area contributed by atoms with E-state index in [1.54, 1.807) is 11.3 Å². The predicted molar refractivity (Wildman–Crippen MR) is 87.2 cm³/mol. The predicted octanol–water partition coefficient (Wildman–Crippen LogP) is 3.88. The number of thiazole rings is 1. The molecule has 0 saturated heterocycles. The summed E-state index contributed by atoms with van der Waals surface area (Å²) in [5.74, 6) is 0.535. The Morgan fingerprint density at radius 3 is 2.55 bits per heavy atom. The average molecular weight is 289 g/mol. The minimum Gasteiger partial charge on any atom is -0.399 e. The van der Waals surface area contributed by atoms with Crippen LogP contribution in [0.15, 0.2) is 30.5 Å². The lowest BCUT2D eigenvalue weighted by atomic mass is 9.97. The lowest BCUT2D eigenvalue weighted by molar-refractivity contribution is 0.529. The fourth-order valence-corrected chi connectivity index (χ4v) is 2.97. The molecule has 0 amide bonds. The van der Waals surface area contributed by atoms with Crippen molar-refractivity contribution in [2.75, 3.05) is 12.3 Å². The number of rotatable bonds is 6. The molecule has 2 rings (SSSR count). The second kappa shape index (κ2) is 6.86. The Kier molecular flexibility index (Phi) is 5.15. The maximum absolute atomic E-state index is 5.71. The number of aromatic nitrogens is 1. The number of hydrogen-bond acceptors (Lipinski definition) is 4. The lowest BCUT2D eigenvalue weighted by Crippen LogP contribution is -2.20. The lowest BCUT2D eigenvalue weighted by Gasteiger charge is -2.15. The molecule has 0 fully saturated rings. The molecule has 3 nitrogen and oxygen atoms in total. The molecule has 108 valence electrons. The van der Waals surface area contributed by atoms with E-state index in [-0.39, 0.29) is 0 Å². The summed E-state index contributed by atoms with van der Waals surface area (Å²) >= 11 is 1.77. The molecule has 1 heterocycles. The quantitative estimate of drug-likeness (QED) is 0.794. The smallest absolute Gasteiger partial charge is 0.109 e. The highest BCUT2D eigenvalue weighted by Gasteiger charge is 2.10. The number of nitrogens with one attached hydrogen (secondary N) is 1. The summed E-state index contributed by atoms with van der Waals surface area (Å²) in [7, 11) is 0. The molecule has 2 atom stereocenters. The van der Waals surface area contributed by atoms with Crippen molar-refractivity contribution in [1.29, 1.82) is 0 Å². The fraction of sp³-hybridized carbons (Fsp3) is 0.438. The number of nitrogen functional groups attached to an aromatic ring is 1. The van der Waals surface area contributed by atoms with Gasteiger partial charge in [-0.2, -0.15) is 0 Å². The van der Waals surface area contributed by atoms with Gasteiger partial charge in [0.05, 0.1) is 6.04 Å². The summed E-state index contributed by atoms with van der Waals surface area (Å²) in [6, 6.07) is 8.51. The molecule has 1 aromatic heterocycles. The van der Waals surface area contributed by atoms with Gasteiger partial charge in [0.25, 0.3) is 0 Å². The molecule has 0 spiro atoms. The molecule has 0 aliphatic rings.